The summed E-state index contributed by atoms with van der Waals surface area (Å²) < 4.78 is 28.0. The smallest absolute Gasteiger partial charge is 0.261 e. The molecule has 164 valence electrons. The van der Waals surface area contributed by atoms with E-state index in [1.807, 2.05) is 0 Å². The molecule has 7 nitrogen and oxygen atoms in total. The molecule has 2 aromatic carbocycles. The van der Waals surface area contributed by atoms with Crippen molar-refractivity contribution < 1.29 is 18.0 Å². The first kappa shape index (κ1) is 22.0. The second-order valence-corrected chi connectivity index (χ2v) is 11.0. The normalized spacial score (nSPS) is 19.5. The second kappa shape index (κ2) is 8.72. The Bertz CT molecular complexity index is 1110. The molecule has 0 radical (unpaired) electrons. The number of rotatable bonds is 4. The van der Waals surface area contributed by atoms with Crippen LogP contribution in [0.4, 0.5) is 11.4 Å². The molecular weight excluding hydrogens is 458 g/mol. The van der Waals surface area contributed by atoms with Crippen LogP contribution in [0.15, 0.2) is 52.3 Å². The molecule has 1 saturated heterocycles. The van der Waals surface area contributed by atoms with Gasteiger partial charge in [-0.15, -0.1) is 11.8 Å². The van der Waals surface area contributed by atoms with Crippen molar-refractivity contribution in [2.75, 3.05) is 23.1 Å². The molecule has 1 unspecified atom stereocenters. The third-order valence-corrected chi connectivity index (χ3v) is 8.31. The van der Waals surface area contributed by atoms with Gasteiger partial charge in [-0.05, 0) is 61.2 Å². The van der Waals surface area contributed by atoms with Crippen molar-refractivity contribution in [3.8, 4) is 0 Å². The number of sulfonamides is 1. The Kier molecular flexibility index (Phi) is 6.18. The molecule has 10 heteroatoms. The van der Waals surface area contributed by atoms with E-state index in [9.17, 15) is 18.0 Å². The first-order valence-corrected chi connectivity index (χ1v) is 12.7. The molecule has 2 aliphatic rings. The van der Waals surface area contributed by atoms with Crippen molar-refractivity contribution in [1.29, 1.82) is 0 Å². The Morgan fingerprint density at radius 2 is 1.84 bits per heavy atom. The fraction of sp³-hybridized carbons (Fsp3) is 0.333. The minimum absolute atomic E-state index is 0.0110. The standard InChI is InChI=1S/C21H22ClN3O4S2/c1-13-8-10-25(11-9-13)21(27)19-20(26)23-17-12-16(6-7-18(17)30-19)31(28,29)24-15-4-2-14(22)3-5-15/h2-7,12-13,19,24H,8-11H2,1H3,(H,23,26). The van der Waals surface area contributed by atoms with Crippen LogP contribution in [0.3, 0.4) is 0 Å². The predicted molar refractivity (Wildman–Crippen MR) is 122 cm³/mol. The molecule has 2 N–H and O–H groups in total. The third kappa shape index (κ3) is 4.83. The molecular formula is C21H22ClN3O4S2. The van der Waals surface area contributed by atoms with Crippen LogP contribution >= 0.6 is 23.4 Å². The molecule has 1 fully saturated rings. The van der Waals surface area contributed by atoms with E-state index in [2.05, 4.69) is 17.0 Å². The van der Waals surface area contributed by atoms with Gasteiger partial charge in [-0.2, -0.15) is 0 Å². The molecule has 31 heavy (non-hydrogen) atoms. The number of hydrogen-bond acceptors (Lipinski definition) is 5. The number of hydrogen-bond donors (Lipinski definition) is 2. The second-order valence-electron chi connectivity index (χ2n) is 7.77. The highest BCUT2D eigenvalue weighted by molar-refractivity contribution is 8.01. The van der Waals surface area contributed by atoms with Gasteiger partial charge in [0.1, 0.15) is 0 Å². The zero-order valence-corrected chi connectivity index (χ0v) is 19.2. The highest BCUT2D eigenvalue weighted by Crippen LogP contribution is 2.38. The topological polar surface area (TPSA) is 95.6 Å². The van der Waals surface area contributed by atoms with Crippen LogP contribution in [0.1, 0.15) is 19.8 Å². The number of nitrogens with zero attached hydrogens (tertiary/aromatic N) is 1. The number of fused-ring (bicyclic) bond motifs is 1. The van der Waals surface area contributed by atoms with Crippen molar-refractivity contribution in [2.45, 2.75) is 34.8 Å². The van der Waals surface area contributed by atoms with E-state index >= 15 is 0 Å². The van der Waals surface area contributed by atoms with Gasteiger partial charge in [-0.3, -0.25) is 14.3 Å². The fourth-order valence-electron chi connectivity index (χ4n) is 3.54. The number of anilines is 2. The Hall–Kier alpha value is -2.23. The maximum absolute atomic E-state index is 12.9. The zero-order chi connectivity index (χ0) is 22.2. The van der Waals surface area contributed by atoms with E-state index in [4.69, 9.17) is 11.6 Å². The van der Waals surface area contributed by atoms with E-state index < -0.39 is 21.2 Å². The lowest BCUT2D eigenvalue weighted by Gasteiger charge is -2.33. The Morgan fingerprint density at radius 1 is 1.16 bits per heavy atom. The summed E-state index contributed by atoms with van der Waals surface area (Å²) >= 11 is 7.00. The number of thioether (sulfide) groups is 1. The minimum Gasteiger partial charge on any atom is -0.341 e. The highest BCUT2D eigenvalue weighted by atomic mass is 35.5. The van der Waals surface area contributed by atoms with Crippen molar-refractivity contribution >= 4 is 56.6 Å². The van der Waals surface area contributed by atoms with Gasteiger partial charge in [-0.25, -0.2) is 8.42 Å². The maximum atomic E-state index is 12.9. The Balaban J connectivity index is 1.51. The lowest BCUT2D eigenvalue weighted by atomic mass is 9.99. The average Bonchev–Trinajstić information content (AvgIpc) is 2.74. The molecule has 0 aliphatic carbocycles. The van der Waals surface area contributed by atoms with Gasteiger partial charge >= 0.3 is 0 Å². The number of amides is 2. The van der Waals surface area contributed by atoms with E-state index in [0.29, 0.717) is 40.3 Å². The molecule has 0 aromatic heterocycles. The van der Waals surface area contributed by atoms with E-state index in [1.54, 1.807) is 35.2 Å². The first-order chi connectivity index (χ1) is 14.7. The quantitative estimate of drug-likeness (QED) is 0.650. The van der Waals surface area contributed by atoms with Gasteiger partial charge in [0.05, 0.1) is 10.6 Å². The van der Waals surface area contributed by atoms with Crippen LogP contribution in [0, 0.1) is 5.92 Å². The molecule has 2 aromatic rings. The van der Waals surface area contributed by atoms with Gasteiger partial charge in [0.25, 0.3) is 10.0 Å². The van der Waals surface area contributed by atoms with Crippen LogP contribution in [-0.2, 0) is 19.6 Å². The number of nitrogens with one attached hydrogen (secondary N) is 2. The summed E-state index contributed by atoms with van der Waals surface area (Å²) in [5, 5.41) is 2.34. The van der Waals surface area contributed by atoms with Gasteiger partial charge in [0.15, 0.2) is 5.25 Å². The van der Waals surface area contributed by atoms with Gasteiger partial charge in [0.2, 0.25) is 11.8 Å². The zero-order valence-electron chi connectivity index (χ0n) is 16.8. The number of benzene rings is 2. The van der Waals surface area contributed by atoms with Crippen molar-refractivity contribution in [3.63, 3.8) is 0 Å². The van der Waals surface area contributed by atoms with E-state index in [1.165, 1.54) is 12.1 Å². The summed E-state index contributed by atoms with van der Waals surface area (Å²) in [6, 6.07) is 10.8. The van der Waals surface area contributed by atoms with Crippen molar-refractivity contribution in [1.82, 2.24) is 4.90 Å². The molecule has 2 amide bonds. The lowest BCUT2D eigenvalue weighted by Crippen LogP contribution is -2.47. The van der Waals surface area contributed by atoms with Crippen molar-refractivity contribution in [2.24, 2.45) is 5.92 Å². The largest absolute Gasteiger partial charge is 0.341 e. The van der Waals surface area contributed by atoms with Crippen LogP contribution in [0.5, 0.6) is 0 Å². The fourth-order valence-corrected chi connectivity index (χ4v) is 5.81. The van der Waals surface area contributed by atoms with Crippen LogP contribution < -0.4 is 10.0 Å². The summed E-state index contributed by atoms with van der Waals surface area (Å²) in [7, 11) is -3.86. The van der Waals surface area contributed by atoms with Gasteiger partial charge < -0.3 is 10.2 Å². The number of carbonyl (C=O) groups excluding carboxylic acids is 2. The number of piperidine rings is 1. The average molecular weight is 480 g/mol. The number of halogens is 1. The maximum Gasteiger partial charge on any atom is 0.261 e. The van der Waals surface area contributed by atoms with Gasteiger partial charge in [-0.1, -0.05) is 18.5 Å². The number of likely N-dealkylation sites (tertiary alicyclic amines) is 1. The summed E-state index contributed by atoms with van der Waals surface area (Å²) in [5.74, 6) is -0.0399. The molecule has 1 atom stereocenters. The van der Waals surface area contributed by atoms with Crippen LogP contribution in [0.2, 0.25) is 5.02 Å². The highest BCUT2D eigenvalue weighted by Gasteiger charge is 2.37. The number of carbonyl (C=O) groups is 2. The monoisotopic (exact) mass is 479 g/mol. The summed E-state index contributed by atoms with van der Waals surface area (Å²) in [6.07, 6.45) is 1.87. The van der Waals surface area contributed by atoms with E-state index in [-0.39, 0.29) is 10.8 Å². The SMILES string of the molecule is CC1CCN(C(=O)C2Sc3ccc(S(=O)(=O)Nc4ccc(Cl)cc4)cc3NC2=O)CC1. The predicted octanol–water partition coefficient (Wildman–Crippen LogP) is 3.81. The first-order valence-electron chi connectivity index (χ1n) is 9.92. The van der Waals surface area contributed by atoms with Crippen LogP contribution in [0.25, 0.3) is 0 Å². The molecule has 0 spiro atoms. The Labute approximate surface area is 190 Å². The molecule has 4 rings (SSSR count). The van der Waals surface area contributed by atoms with Crippen LogP contribution in [-0.4, -0.2) is 43.5 Å². The van der Waals surface area contributed by atoms with E-state index in [0.717, 1.165) is 24.6 Å². The molecule has 2 aliphatic heterocycles. The minimum atomic E-state index is -3.86. The molecule has 0 bridgehead atoms. The third-order valence-electron chi connectivity index (χ3n) is 5.42. The lowest BCUT2D eigenvalue weighted by molar-refractivity contribution is -0.135. The summed E-state index contributed by atoms with van der Waals surface area (Å²) in [4.78, 5) is 27.9. The summed E-state index contributed by atoms with van der Waals surface area (Å²) in [6.45, 7) is 3.48. The van der Waals surface area contributed by atoms with Crippen molar-refractivity contribution in [3.05, 3.63) is 47.5 Å². The van der Waals surface area contributed by atoms with Gasteiger partial charge in [0, 0.05) is 28.7 Å². The Morgan fingerprint density at radius 3 is 2.52 bits per heavy atom. The molecule has 0 saturated carbocycles. The molecule has 2 heterocycles. The summed E-state index contributed by atoms with van der Waals surface area (Å²) in [5.41, 5.74) is 0.757.